The smallest absolute Gasteiger partial charge is 0.257 e. The molecule has 1 amide bonds. The molecule has 0 aliphatic heterocycles. The van der Waals surface area contributed by atoms with Crippen molar-refractivity contribution in [2.75, 3.05) is 12.4 Å². The standard InChI is InChI=1S/C15H12BrCl2NO2/c1-8-5-13(14(21-2)7-12(8)18)19-15(20)10-6-9(16)3-4-11(10)17/h3-7H,1-2H3,(H,19,20). The Hall–Kier alpha value is -1.23. The number of rotatable bonds is 3. The monoisotopic (exact) mass is 387 g/mol. The second-order valence-corrected chi connectivity index (χ2v) is 6.11. The van der Waals surface area contributed by atoms with Gasteiger partial charge in [-0.15, -0.1) is 0 Å². The van der Waals surface area contributed by atoms with E-state index in [1.165, 1.54) is 7.11 Å². The van der Waals surface area contributed by atoms with Gasteiger partial charge in [0, 0.05) is 15.6 Å². The number of carbonyl (C=O) groups is 1. The molecule has 2 aromatic rings. The van der Waals surface area contributed by atoms with E-state index in [1.807, 2.05) is 6.92 Å². The van der Waals surface area contributed by atoms with E-state index in [0.717, 1.165) is 10.0 Å². The molecule has 0 aromatic heterocycles. The molecule has 110 valence electrons. The summed E-state index contributed by atoms with van der Waals surface area (Å²) in [5.74, 6) is 0.173. The Labute approximate surface area is 141 Å². The Bertz CT molecular complexity index is 704. The molecule has 0 aliphatic carbocycles. The minimum absolute atomic E-state index is 0.318. The number of aryl methyl sites for hydroxylation is 1. The summed E-state index contributed by atoms with van der Waals surface area (Å²) < 4.78 is 6.00. The van der Waals surface area contributed by atoms with Crippen LogP contribution >= 0.6 is 39.1 Å². The lowest BCUT2D eigenvalue weighted by molar-refractivity contribution is 0.102. The van der Waals surface area contributed by atoms with E-state index in [0.29, 0.717) is 27.0 Å². The lowest BCUT2D eigenvalue weighted by atomic mass is 10.1. The van der Waals surface area contributed by atoms with E-state index in [4.69, 9.17) is 27.9 Å². The minimum atomic E-state index is -0.318. The van der Waals surface area contributed by atoms with Crippen LogP contribution in [0, 0.1) is 6.92 Å². The van der Waals surface area contributed by atoms with Gasteiger partial charge in [-0.2, -0.15) is 0 Å². The first kappa shape index (κ1) is 16.1. The molecule has 0 aliphatic rings. The number of ether oxygens (including phenoxy) is 1. The summed E-state index contributed by atoms with van der Waals surface area (Å²) in [6.45, 7) is 1.85. The van der Waals surface area contributed by atoms with Gasteiger partial charge in [-0.05, 0) is 36.8 Å². The second kappa shape index (κ2) is 6.69. The van der Waals surface area contributed by atoms with Gasteiger partial charge in [-0.3, -0.25) is 4.79 Å². The summed E-state index contributed by atoms with van der Waals surface area (Å²) in [5.41, 5.74) is 1.76. The van der Waals surface area contributed by atoms with E-state index < -0.39 is 0 Å². The quantitative estimate of drug-likeness (QED) is 0.771. The number of hydrogen-bond donors (Lipinski definition) is 1. The zero-order valence-corrected chi connectivity index (χ0v) is 14.4. The maximum absolute atomic E-state index is 12.3. The Balaban J connectivity index is 2.35. The highest BCUT2D eigenvalue weighted by molar-refractivity contribution is 9.10. The first-order chi connectivity index (χ1) is 9.92. The minimum Gasteiger partial charge on any atom is -0.495 e. The summed E-state index contributed by atoms with van der Waals surface area (Å²) in [7, 11) is 1.52. The topological polar surface area (TPSA) is 38.3 Å². The molecule has 0 bridgehead atoms. The predicted molar refractivity (Wildman–Crippen MR) is 89.8 cm³/mol. The zero-order chi connectivity index (χ0) is 15.6. The lowest BCUT2D eigenvalue weighted by Gasteiger charge is -2.13. The molecule has 0 radical (unpaired) electrons. The predicted octanol–water partition coefficient (Wildman–Crippen LogP) is 5.33. The Morgan fingerprint density at radius 1 is 1.19 bits per heavy atom. The normalized spacial score (nSPS) is 10.3. The highest BCUT2D eigenvalue weighted by atomic mass is 79.9. The fourth-order valence-electron chi connectivity index (χ4n) is 1.79. The lowest BCUT2D eigenvalue weighted by Crippen LogP contribution is -2.13. The van der Waals surface area contributed by atoms with Crippen molar-refractivity contribution in [1.29, 1.82) is 0 Å². The Morgan fingerprint density at radius 3 is 2.57 bits per heavy atom. The third-order valence-electron chi connectivity index (χ3n) is 2.90. The summed E-state index contributed by atoms with van der Waals surface area (Å²) in [4.78, 5) is 12.3. The third kappa shape index (κ3) is 3.70. The molecule has 0 unspecified atom stereocenters. The molecule has 0 spiro atoms. The van der Waals surface area contributed by atoms with Crippen LogP contribution in [0.3, 0.4) is 0 Å². The van der Waals surface area contributed by atoms with Crippen molar-refractivity contribution in [3.05, 3.63) is 56.0 Å². The highest BCUT2D eigenvalue weighted by Gasteiger charge is 2.14. The fraction of sp³-hybridized carbons (Fsp3) is 0.133. The number of anilines is 1. The van der Waals surface area contributed by atoms with Crippen LogP contribution in [0.1, 0.15) is 15.9 Å². The number of nitrogens with one attached hydrogen (secondary N) is 1. The molecule has 21 heavy (non-hydrogen) atoms. The van der Waals surface area contributed by atoms with Gasteiger partial charge in [0.1, 0.15) is 5.75 Å². The van der Waals surface area contributed by atoms with Crippen molar-refractivity contribution in [2.24, 2.45) is 0 Å². The van der Waals surface area contributed by atoms with Gasteiger partial charge in [0.15, 0.2) is 0 Å². The largest absolute Gasteiger partial charge is 0.495 e. The van der Waals surface area contributed by atoms with Crippen LogP contribution < -0.4 is 10.1 Å². The van der Waals surface area contributed by atoms with Crippen LogP contribution in [-0.2, 0) is 0 Å². The van der Waals surface area contributed by atoms with E-state index in [1.54, 1.807) is 30.3 Å². The molecule has 3 nitrogen and oxygen atoms in total. The van der Waals surface area contributed by atoms with Gasteiger partial charge in [-0.25, -0.2) is 0 Å². The summed E-state index contributed by atoms with van der Waals surface area (Å²) in [5, 5.41) is 3.74. The van der Waals surface area contributed by atoms with Gasteiger partial charge in [0.05, 0.1) is 23.4 Å². The molecule has 0 saturated heterocycles. The molecule has 2 aromatic carbocycles. The first-order valence-electron chi connectivity index (χ1n) is 6.03. The van der Waals surface area contributed by atoms with Crippen LogP contribution in [0.2, 0.25) is 10.0 Å². The van der Waals surface area contributed by atoms with Gasteiger partial charge in [-0.1, -0.05) is 39.1 Å². The summed E-state index contributed by atoms with van der Waals surface area (Å²) >= 11 is 15.4. The summed E-state index contributed by atoms with van der Waals surface area (Å²) in [6.07, 6.45) is 0. The third-order valence-corrected chi connectivity index (χ3v) is 4.13. The molecular formula is C15H12BrCl2NO2. The second-order valence-electron chi connectivity index (χ2n) is 4.38. The Morgan fingerprint density at radius 2 is 1.90 bits per heavy atom. The molecule has 2 rings (SSSR count). The first-order valence-corrected chi connectivity index (χ1v) is 7.58. The number of benzene rings is 2. The Kier molecular flexibility index (Phi) is 5.14. The highest BCUT2D eigenvalue weighted by Crippen LogP contribution is 2.32. The van der Waals surface area contributed by atoms with Crippen molar-refractivity contribution >= 4 is 50.7 Å². The average molecular weight is 389 g/mol. The van der Waals surface area contributed by atoms with Gasteiger partial charge < -0.3 is 10.1 Å². The number of hydrogen-bond acceptors (Lipinski definition) is 2. The maximum Gasteiger partial charge on any atom is 0.257 e. The van der Waals surface area contributed by atoms with Gasteiger partial charge >= 0.3 is 0 Å². The number of halogens is 3. The number of methoxy groups -OCH3 is 1. The summed E-state index contributed by atoms with van der Waals surface area (Å²) in [6, 6.07) is 8.50. The zero-order valence-electron chi connectivity index (χ0n) is 11.3. The van der Waals surface area contributed by atoms with E-state index >= 15 is 0 Å². The molecule has 1 N–H and O–H groups in total. The van der Waals surface area contributed by atoms with E-state index in [-0.39, 0.29) is 5.91 Å². The van der Waals surface area contributed by atoms with Crippen molar-refractivity contribution < 1.29 is 9.53 Å². The van der Waals surface area contributed by atoms with Crippen molar-refractivity contribution in [3.8, 4) is 5.75 Å². The number of carbonyl (C=O) groups excluding carboxylic acids is 1. The molecule has 0 atom stereocenters. The van der Waals surface area contributed by atoms with Gasteiger partial charge in [0.2, 0.25) is 0 Å². The maximum atomic E-state index is 12.3. The average Bonchev–Trinajstić information content (AvgIpc) is 2.45. The van der Waals surface area contributed by atoms with Crippen LogP contribution in [0.25, 0.3) is 0 Å². The van der Waals surface area contributed by atoms with Gasteiger partial charge in [0.25, 0.3) is 5.91 Å². The van der Waals surface area contributed by atoms with Crippen molar-refractivity contribution in [3.63, 3.8) is 0 Å². The molecule has 0 heterocycles. The van der Waals surface area contributed by atoms with Crippen LogP contribution in [0.4, 0.5) is 5.69 Å². The molecule has 0 fully saturated rings. The molecule has 6 heteroatoms. The van der Waals surface area contributed by atoms with Crippen molar-refractivity contribution in [1.82, 2.24) is 0 Å². The van der Waals surface area contributed by atoms with Crippen LogP contribution in [-0.4, -0.2) is 13.0 Å². The number of amides is 1. The SMILES string of the molecule is COc1cc(Cl)c(C)cc1NC(=O)c1cc(Br)ccc1Cl. The van der Waals surface area contributed by atoms with Crippen molar-refractivity contribution in [2.45, 2.75) is 6.92 Å². The fourth-order valence-corrected chi connectivity index (χ4v) is 2.51. The molecular weight excluding hydrogens is 377 g/mol. The van der Waals surface area contributed by atoms with Crippen LogP contribution in [0.15, 0.2) is 34.8 Å². The van der Waals surface area contributed by atoms with Crippen LogP contribution in [0.5, 0.6) is 5.75 Å². The van der Waals surface area contributed by atoms with E-state index in [9.17, 15) is 4.79 Å². The van der Waals surface area contributed by atoms with E-state index in [2.05, 4.69) is 21.2 Å². The molecule has 0 saturated carbocycles.